The average molecular weight is 448 g/mol. The minimum atomic E-state index is 0.0481. The summed E-state index contributed by atoms with van der Waals surface area (Å²) in [4.78, 5) is 18.6. The van der Waals surface area contributed by atoms with Gasteiger partial charge in [-0.25, -0.2) is 0 Å². The van der Waals surface area contributed by atoms with E-state index in [1.807, 2.05) is 6.20 Å². The third kappa shape index (κ3) is 4.28. The molecule has 1 amide bonds. The Kier molecular flexibility index (Phi) is 5.95. The molecular formula is C25H29N5OS. The molecule has 2 aromatic heterocycles. The first kappa shape index (κ1) is 21.1. The zero-order chi connectivity index (χ0) is 22.1. The van der Waals surface area contributed by atoms with Crippen LogP contribution < -0.4 is 10.0 Å². The SMILES string of the molecule is CC(=O)N[C@H]1CCN(C(CNSc2ccc3cc[nH]c3c2)c2cn(C)c3ccccc23)C1. The Morgan fingerprint density at radius 2 is 2.12 bits per heavy atom. The van der Waals surface area contributed by atoms with Gasteiger partial charge in [0.2, 0.25) is 5.91 Å². The van der Waals surface area contributed by atoms with Crippen molar-refractivity contribution in [2.45, 2.75) is 30.3 Å². The van der Waals surface area contributed by atoms with Crippen LogP contribution in [-0.2, 0) is 11.8 Å². The maximum absolute atomic E-state index is 11.6. The fraction of sp³-hybridized carbons (Fsp3) is 0.320. The molecule has 4 aromatic rings. The molecule has 3 heterocycles. The molecule has 2 atom stereocenters. The second-order valence-corrected chi connectivity index (χ2v) is 9.55. The van der Waals surface area contributed by atoms with E-state index in [0.29, 0.717) is 0 Å². The van der Waals surface area contributed by atoms with Gasteiger partial charge in [-0.1, -0.05) is 24.3 Å². The molecule has 0 saturated carbocycles. The van der Waals surface area contributed by atoms with Crippen LogP contribution in [0.15, 0.2) is 65.8 Å². The van der Waals surface area contributed by atoms with Gasteiger partial charge in [-0.2, -0.15) is 0 Å². The van der Waals surface area contributed by atoms with Crippen molar-refractivity contribution in [3.05, 3.63) is 66.5 Å². The van der Waals surface area contributed by atoms with E-state index >= 15 is 0 Å². The molecule has 1 aliphatic rings. The first-order valence-electron chi connectivity index (χ1n) is 11.1. The van der Waals surface area contributed by atoms with Crippen LogP contribution in [0.25, 0.3) is 21.8 Å². The third-order valence-electron chi connectivity index (χ3n) is 6.35. The number of carbonyl (C=O) groups excluding carboxylic acids is 1. The number of benzene rings is 2. The smallest absolute Gasteiger partial charge is 0.217 e. The molecule has 3 N–H and O–H groups in total. The van der Waals surface area contributed by atoms with Crippen molar-refractivity contribution in [2.75, 3.05) is 19.6 Å². The van der Waals surface area contributed by atoms with Gasteiger partial charge in [0.25, 0.3) is 0 Å². The van der Waals surface area contributed by atoms with Gasteiger partial charge >= 0.3 is 0 Å². The van der Waals surface area contributed by atoms with Gasteiger partial charge in [0.15, 0.2) is 0 Å². The molecule has 1 aliphatic heterocycles. The van der Waals surface area contributed by atoms with E-state index in [9.17, 15) is 4.79 Å². The van der Waals surface area contributed by atoms with Gasteiger partial charge in [-0.15, -0.1) is 0 Å². The number of nitrogens with one attached hydrogen (secondary N) is 3. The highest BCUT2D eigenvalue weighted by molar-refractivity contribution is 7.97. The first-order valence-corrected chi connectivity index (χ1v) is 11.9. The lowest BCUT2D eigenvalue weighted by molar-refractivity contribution is -0.119. The van der Waals surface area contributed by atoms with Crippen molar-refractivity contribution in [3.8, 4) is 0 Å². The topological polar surface area (TPSA) is 65.1 Å². The molecule has 1 unspecified atom stereocenters. The standard InChI is InChI=1S/C25H29N5OS/c1-17(31)28-19-10-12-30(15-19)25(22-16-29(2)24-6-4-3-5-21(22)24)14-27-32-20-8-7-18-9-11-26-23(18)13-20/h3-9,11,13,16,19,25-27H,10,12,14-15H2,1-2H3,(H,28,31)/t19-,25?/m0/s1. The van der Waals surface area contributed by atoms with Crippen LogP contribution in [0.2, 0.25) is 0 Å². The summed E-state index contributed by atoms with van der Waals surface area (Å²) in [6.45, 7) is 4.26. The Bertz CT molecular complexity index is 1250. The molecule has 1 saturated heterocycles. The summed E-state index contributed by atoms with van der Waals surface area (Å²) >= 11 is 1.67. The summed E-state index contributed by atoms with van der Waals surface area (Å²) in [6.07, 6.45) is 5.22. The fourth-order valence-electron chi connectivity index (χ4n) is 4.84. The molecule has 0 radical (unpaired) electrons. The van der Waals surface area contributed by atoms with Crippen LogP contribution >= 0.6 is 11.9 Å². The summed E-state index contributed by atoms with van der Waals surface area (Å²) in [5.41, 5.74) is 3.73. The summed E-state index contributed by atoms with van der Waals surface area (Å²) < 4.78 is 5.84. The normalized spacial score (nSPS) is 17.9. The minimum Gasteiger partial charge on any atom is -0.361 e. The second-order valence-electron chi connectivity index (χ2n) is 8.59. The Morgan fingerprint density at radius 3 is 3.00 bits per heavy atom. The summed E-state index contributed by atoms with van der Waals surface area (Å²) in [7, 11) is 2.11. The Morgan fingerprint density at radius 1 is 1.25 bits per heavy atom. The van der Waals surface area contributed by atoms with Crippen LogP contribution in [0.5, 0.6) is 0 Å². The Balaban J connectivity index is 1.37. The van der Waals surface area contributed by atoms with Crippen molar-refractivity contribution in [3.63, 3.8) is 0 Å². The minimum absolute atomic E-state index is 0.0481. The second kappa shape index (κ2) is 9.02. The molecule has 166 valence electrons. The number of likely N-dealkylation sites (tertiary alicyclic amines) is 1. The Labute approximate surface area is 192 Å². The van der Waals surface area contributed by atoms with E-state index < -0.39 is 0 Å². The van der Waals surface area contributed by atoms with Crippen molar-refractivity contribution in [2.24, 2.45) is 7.05 Å². The number of hydrogen-bond donors (Lipinski definition) is 3. The first-order chi connectivity index (χ1) is 15.6. The molecule has 0 spiro atoms. The summed E-state index contributed by atoms with van der Waals surface area (Å²) in [5.74, 6) is 0.0481. The number of amides is 1. The Hall–Kier alpha value is -2.74. The van der Waals surface area contributed by atoms with E-state index in [-0.39, 0.29) is 18.0 Å². The number of rotatable bonds is 7. The van der Waals surface area contributed by atoms with E-state index in [2.05, 4.69) is 86.3 Å². The monoisotopic (exact) mass is 447 g/mol. The molecule has 0 bridgehead atoms. The number of hydrogen-bond acceptors (Lipinski definition) is 4. The number of aryl methyl sites for hydroxylation is 1. The predicted octanol–water partition coefficient (Wildman–Crippen LogP) is 4.21. The van der Waals surface area contributed by atoms with Crippen LogP contribution in [0.4, 0.5) is 0 Å². The quantitative estimate of drug-likeness (QED) is 0.372. The van der Waals surface area contributed by atoms with E-state index in [0.717, 1.165) is 31.6 Å². The lowest BCUT2D eigenvalue weighted by Gasteiger charge is -2.28. The average Bonchev–Trinajstić information content (AvgIpc) is 3.50. The van der Waals surface area contributed by atoms with Crippen LogP contribution in [-0.4, -0.2) is 46.0 Å². The van der Waals surface area contributed by atoms with Crippen molar-refractivity contribution < 1.29 is 4.79 Å². The van der Waals surface area contributed by atoms with Crippen molar-refractivity contribution in [1.82, 2.24) is 24.5 Å². The number of carbonyl (C=O) groups is 1. The van der Waals surface area contributed by atoms with E-state index in [1.54, 1.807) is 18.9 Å². The molecule has 6 nitrogen and oxygen atoms in total. The van der Waals surface area contributed by atoms with Gasteiger partial charge in [0, 0.05) is 73.4 Å². The molecule has 1 fully saturated rings. The zero-order valence-electron chi connectivity index (χ0n) is 18.5. The lowest BCUT2D eigenvalue weighted by atomic mass is 10.0. The summed E-state index contributed by atoms with van der Waals surface area (Å²) in [5, 5.41) is 5.62. The van der Waals surface area contributed by atoms with Gasteiger partial charge < -0.3 is 14.9 Å². The van der Waals surface area contributed by atoms with Gasteiger partial charge in [0.1, 0.15) is 0 Å². The van der Waals surface area contributed by atoms with Gasteiger partial charge in [-0.3, -0.25) is 14.4 Å². The zero-order valence-corrected chi connectivity index (χ0v) is 19.3. The predicted molar refractivity (Wildman–Crippen MR) is 132 cm³/mol. The van der Waals surface area contributed by atoms with Gasteiger partial charge in [-0.05, 0) is 53.6 Å². The highest BCUT2D eigenvalue weighted by atomic mass is 32.2. The summed E-state index contributed by atoms with van der Waals surface area (Å²) in [6, 6.07) is 17.6. The van der Waals surface area contributed by atoms with Crippen LogP contribution in [0.3, 0.4) is 0 Å². The van der Waals surface area contributed by atoms with Crippen LogP contribution in [0, 0.1) is 0 Å². The number of aromatic amines is 1. The van der Waals surface area contributed by atoms with E-state index in [1.165, 1.54) is 26.7 Å². The van der Waals surface area contributed by atoms with E-state index in [4.69, 9.17) is 0 Å². The number of nitrogens with zero attached hydrogens (tertiary/aromatic N) is 2. The molecule has 2 aromatic carbocycles. The van der Waals surface area contributed by atoms with Crippen molar-refractivity contribution in [1.29, 1.82) is 0 Å². The number of H-pyrrole nitrogens is 1. The molecule has 5 rings (SSSR count). The largest absolute Gasteiger partial charge is 0.361 e. The molecular weight excluding hydrogens is 418 g/mol. The highest BCUT2D eigenvalue weighted by Crippen LogP contribution is 2.32. The molecule has 32 heavy (non-hydrogen) atoms. The van der Waals surface area contributed by atoms with Gasteiger partial charge in [0.05, 0.1) is 6.04 Å². The van der Waals surface area contributed by atoms with Crippen molar-refractivity contribution >= 4 is 39.7 Å². The highest BCUT2D eigenvalue weighted by Gasteiger charge is 2.31. The number of fused-ring (bicyclic) bond motifs is 2. The van der Waals surface area contributed by atoms with Crippen LogP contribution in [0.1, 0.15) is 24.9 Å². The lowest BCUT2D eigenvalue weighted by Crippen LogP contribution is -2.38. The fourth-order valence-corrected chi connectivity index (χ4v) is 5.57. The third-order valence-corrected chi connectivity index (χ3v) is 7.15. The molecule has 7 heteroatoms. The number of aromatic nitrogens is 2. The number of para-hydroxylation sites is 1. The maximum atomic E-state index is 11.6. The molecule has 0 aliphatic carbocycles. The maximum Gasteiger partial charge on any atom is 0.217 e.